The Hall–Kier alpha value is -3.34. The largest absolute Gasteiger partial charge is 0.497 e. The predicted molar refractivity (Wildman–Crippen MR) is 107 cm³/mol. The maximum absolute atomic E-state index is 13.4. The number of carbonyl (C=O) groups excluding carboxylic acids is 1. The first-order valence-corrected chi connectivity index (χ1v) is 9.98. The van der Waals surface area contributed by atoms with E-state index in [1.807, 2.05) is 31.2 Å². The van der Waals surface area contributed by atoms with Crippen LogP contribution in [0, 0.1) is 11.3 Å². The molecule has 2 aliphatic heterocycles. The van der Waals surface area contributed by atoms with Crippen molar-refractivity contribution in [2.45, 2.75) is 44.8 Å². The van der Waals surface area contributed by atoms with Gasteiger partial charge in [-0.25, -0.2) is 9.98 Å². The molecule has 1 amide bonds. The van der Waals surface area contributed by atoms with Crippen LogP contribution in [0.5, 0.6) is 5.75 Å². The fraction of sp³-hybridized carbons (Fsp3) is 0.429. The molecule has 1 aromatic carbocycles. The van der Waals surface area contributed by atoms with Crippen LogP contribution in [0.3, 0.4) is 0 Å². The molecule has 148 valence electrons. The zero-order chi connectivity index (χ0) is 20.1. The van der Waals surface area contributed by atoms with Crippen LogP contribution in [-0.2, 0) is 6.54 Å². The average molecular weight is 390 g/mol. The first kappa shape index (κ1) is 17.7. The Morgan fingerprint density at radius 1 is 1.28 bits per heavy atom. The molecule has 1 aromatic heterocycles. The van der Waals surface area contributed by atoms with Gasteiger partial charge in [-0.1, -0.05) is 12.1 Å². The van der Waals surface area contributed by atoms with Gasteiger partial charge in [0.2, 0.25) is 11.8 Å². The Balaban J connectivity index is 1.62. The number of aromatic nitrogens is 2. The van der Waals surface area contributed by atoms with E-state index in [1.54, 1.807) is 16.6 Å². The van der Waals surface area contributed by atoms with Gasteiger partial charge < -0.3 is 9.30 Å². The molecule has 1 fully saturated rings. The Bertz CT molecular complexity index is 1050. The number of nitrogens with zero attached hydrogens (tertiary/aromatic N) is 6. The van der Waals surface area contributed by atoms with Crippen LogP contribution >= 0.6 is 0 Å². The predicted octanol–water partition coefficient (Wildman–Crippen LogP) is 2.38. The minimum atomic E-state index is -0.139. The van der Waals surface area contributed by atoms with Crippen molar-refractivity contribution < 1.29 is 9.53 Å². The van der Waals surface area contributed by atoms with E-state index in [-0.39, 0.29) is 23.8 Å². The SMILES string of the molecule is CCN1C(=O)c2c(nc(C#N)n2Cc2ccc(OC)cc2)N2C1=N[C@@H]1CCC[C@@H]12. The molecule has 0 N–H and O–H groups in total. The highest BCUT2D eigenvalue weighted by Crippen LogP contribution is 2.40. The van der Waals surface area contributed by atoms with Gasteiger partial charge in [-0.2, -0.15) is 5.26 Å². The number of nitriles is 1. The third kappa shape index (κ3) is 2.54. The molecule has 8 nitrogen and oxygen atoms in total. The molecule has 1 saturated carbocycles. The lowest BCUT2D eigenvalue weighted by molar-refractivity contribution is 0.0835. The molecule has 0 bridgehead atoms. The quantitative estimate of drug-likeness (QED) is 0.800. The number of aliphatic imine (C=N–C) groups is 1. The summed E-state index contributed by atoms with van der Waals surface area (Å²) in [6.07, 6.45) is 3.18. The van der Waals surface area contributed by atoms with Gasteiger partial charge in [0.1, 0.15) is 11.8 Å². The molecule has 2 atom stereocenters. The topological polar surface area (TPSA) is 86.8 Å². The molecule has 2 aromatic rings. The fourth-order valence-corrected chi connectivity index (χ4v) is 4.66. The van der Waals surface area contributed by atoms with Crippen LogP contribution in [0.25, 0.3) is 0 Å². The second-order valence-electron chi connectivity index (χ2n) is 7.57. The zero-order valence-electron chi connectivity index (χ0n) is 16.5. The summed E-state index contributed by atoms with van der Waals surface area (Å²) in [6, 6.07) is 10.2. The number of benzene rings is 1. The van der Waals surface area contributed by atoms with Gasteiger partial charge in [0, 0.05) is 6.54 Å². The van der Waals surface area contributed by atoms with Gasteiger partial charge in [-0.15, -0.1) is 0 Å². The molecular weight excluding hydrogens is 368 g/mol. The minimum Gasteiger partial charge on any atom is -0.497 e. The van der Waals surface area contributed by atoms with Gasteiger partial charge in [-0.05, 0) is 43.9 Å². The fourth-order valence-electron chi connectivity index (χ4n) is 4.66. The van der Waals surface area contributed by atoms with E-state index in [9.17, 15) is 10.1 Å². The van der Waals surface area contributed by atoms with Crippen molar-refractivity contribution in [1.82, 2.24) is 14.5 Å². The maximum Gasteiger partial charge on any atom is 0.281 e. The van der Waals surface area contributed by atoms with E-state index in [4.69, 9.17) is 9.73 Å². The van der Waals surface area contributed by atoms with Gasteiger partial charge in [0.25, 0.3) is 5.91 Å². The summed E-state index contributed by atoms with van der Waals surface area (Å²) in [6.45, 7) is 2.88. The normalized spacial score (nSPS) is 22.1. The van der Waals surface area contributed by atoms with E-state index in [0.29, 0.717) is 30.6 Å². The number of methoxy groups -OCH3 is 1. The highest BCUT2D eigenvalue weighted by molar-refractivity contribution is 6.18. The molecular formula is C21H22N6O2. The van der Waals surface area contributed by atoms with Gasteiger partial charge >= 0.3 is 0 Å². The number of ether oxygens (including phenoxy) is 1. The van der Waals surface area contributed by atoms with E-state index in [0.717, 1.165) is 30.6 Å². The number of imidazole rings is 1. The Morgan fingerprint density at radius 2 is 2.07 bits per heavy atom. The number of anilines is 1. The molecule has 3 aliphatic rings. The number of hydrogen-bond donors (Lipinski definition) is 0. The van der Waals surface area contributed by atoms with E-state index in [2.05, 4.69) is 16.0 Å². The monoisotopic (exact) mass is 390 g/mol. The van der Waals surface area contributed by atoms with Crippen LogP contribution in [0.15, 0.2) is 29.3 Å². The lowest BCUT2D eigenvalue weighted by atomic mass is 10.1. The second-order valence-corrected chi connectivity index (χ2v) is 7.57. The van der Waals surface area contributed by atoms with Crippen molar-refractivity contribution in [3.8, 4) is 11.8 Å². The third-order valence-electron chi connectivity index (χ3n) is 6.05. The average Bonchev–Trinajstić information content (AvgIpc) is 3.42. The Labute approximate surface area is 169 Å². The summed E-state index contributed by atoms with van der Waals surface area (Å²) in [4.78, 5) is 26.6. The third-order valence-corrected chi connectivity index (χ3v) is 6.05. The van der Waals surface area contributed by atoms with Gasteiger partial charge in [-0.3, -0.25) is 14.6 Å². The van der Waals surface area contributed by atoms with Crippen molar-refractivity contribution in [2.75, 3.05) is 18.6 Å². The van der Waals surface area contributed by atoms with Crippen molar-refractivity contribution in [3.63, 3.8) is 0 Å². The summed E-state index contributed by atoms with van der Waals surface area (Å²) in [5, 5.41) is 9.74. The molecule has 3 heterocycles. The standard InChI is InChI=1S/C21H22N6O2/c1-3-25-20(28)18-19(27-16-6-4-5-15(16)23-21(25)27)24-17(11-22)26(18)12-13-7-9-14(29-2)10-8-13/h7-10,15-16H,3-6,12H2,1-2H3/t15-,16+/m1/s1. The van der Waals surface area contributed by atoms with Gasteiger partial charge in [0.05, 0.1) is 25.7 Å². The first-order valence-electron chi connectivity index (χ1n) is 9.98. The van der Waals surface area contributed by atoms with Crippen LogP contribution < -0.4 is 9.64 Å². The zero-order valence-corrected chi connectivity index (χ0v) is 16.5. The summed E-state index contributed by atoms with van der Waals surface area (Å²) in [7, 11) is 1.62. The van der Waals surface area contributed by atoms with Crippen LogP contribution in [0.2, 0.25) is 0 Å². The van der Waals surface area contributed by atoms with Crippen molar-refractivity contribution in [1.29, 1.82) is 5.26 Å². The number of hydrogen-bond acceptors (Lipinski definition) is 6. The molecule has 0 saturated heterocycles. The van der Waals surface area contributed by atoms with E-state index in [1.165, 1.54) is 0 Å². The number of rotatable bonds is 4. The van der Waals surface area contributed by atoms with Crippen LogP contribution in [0.4, 0.5) is 5.82 Å². The first-order chi connectivity index (χ1) is 14.2. The second kappa shape index (κ2) is 6.62. The number of guanidine groups is 1. The highest BCUT2D eigenvalue weighted by atomic mass is 16.5. The Kier molecular flexibility index (Phi) is 4.05. The smallest absolute Gasteiger partial charge is 0.281 e. The summed E-state index contributed by atoms with van der Waals surface area (Å²) in [5.41, 5.74) is 1.45. The van der Waals surface area contributed by atoms with Crippen LogP contribution in [-0.4, -0.2) is 52.1 Å². The summed E-state index contributed by atoms with van der Waals surface area (Å²) < 4.78 is 6.96. The number of carbonyl (C=O) groups is 1. The molecule has 1 aliphatic carbocycles. The number of amides is 1. The molecule has 8 heteroatoms. The lowest BCUT2D eigenvalue weighted by Crippen LogP contribution is -2.53. The maximum atomic E-state index is 13.4. The lowest BCUT2D eigenvalue weighted by Gasteiger charge is -2.35. The molecule has 0 unspecified atom stereocenters. The van der Waals surface area contributed by atoms with Crippen molar-refractivity contribution >= 4 is 17.7 Å². The number of fused-ring (bicyclic) bond motifs is 5. The Morgan fingerprint density at radius 3 is 2.76 bits per heavy atom. The molecule has 0 radical (unpaired) electrons. The van der Waals surface area contributed by atoms with Crippen molar-refractivity contribution in [3.05, 3.63) is 41.3 Å². The van der Waals surface area contributed by atoms with E-state index < -0.39 is 0 Å². The highest BCUT2D eigenvalue weighted by Gasteiger charge is 2.49. The molecule has 0 spiro atoms. The summed E-state index contributed by atoms with van der Waals surface area (Å²) in [5.74, 6) is 2.15. The van der Waals surface area contributed by atoms with Crippen molar-refractivity contribution in [2.24, 2.45) is 4.99 Å². The van der Waals surface area contributed by atoms with E-state index >= 15 is 0 Å². The van der Waals surface area contributed by atoms with Crippen LogP contribution in [0.1, 0.15) is 48.1 Å². The molecule has 5 rings (SSSR count). The van der Waals surface area contributed by atoms with Gasteiger partial charge in [0.15, 0.2) is 11.5 Å². The molecule has 29 heavy (non-hydrogen) atoms. The minimum absolute atomic E-state index is 0.139. The summed E-state index contributed by atoms with van der Waals surface area (Å²) >= 11 is 0.